The third-order valence-electron chi connectivity index (χ3n) is 7.14. The van der Waals surface area contributed by atoms with Crippen molar-refractivity contribution in [1.82, 2.24) is 14.9 Å². The van der Waals surface area contributed by atoms with Crippen molar-refractivity contribution in [3.8, 4) is 45.5 Å². The van der Waals surface area contributed by atoms with E-state index >= 15 is 0 Å². The van der Waals surface area contributed by atoms with Gasteiger partial charge < -0.3 is 18.9 Å². The maximum atomic E-state index is 12.7. The van der Waals surface area contributed by atoms with Gasteiger partial charge in [0.1, 0.15) is 5.75 Å². The van der Waals surface area contributed by atoms with Gasteiger partial charge in [0.2, 0.25) is 17.6 Å². The Morgan fingerprint density at radius 2 is 1.36 bits per heavy atom. The maximum absolute atomic E-state index is 12.7. The quantitative estimate of drug-likeness (QED) is 0.198. The number of nitrogens with one attached hydrogen (secondary N) is 1. The standard InChI is InChI=1S/C26H30N4O5.C8H7ClO/c1-32-19-9-7-17(8-10-19)20-15-21(18-13-22(33-2)25(35-4)23(14-18)34-3)28-26(27-20)29-24(31)16-30-11-5-6-12-30;1-6(10)7-2-4-8(9)5-3-7/h7-10,13-15H,5-6,11-12,16H2,1-4H3,(H,27,28,29,31);2-5H,1H3. The summed E-state index contributed by atoms with van der Waals surface area (Å²) in [6.45, 7) is 3.70. The smallest absolute Gasteiger partial charge is 0.240 e. The van der Waals surface area contributed by atoms with Crippen LogP contribution in [-0.2, 0) is 4.79 Å². The van der Waals surface area contributed by atoms with E-state index in [1.807, 2.05) is 42.5 Å². The van der Waals surface area contributed by atoms with E-state index < -0.39 is 0 Å². The van der Waals surface area contributed by atoms with Gasteiger partial charge in [-0.2, -0.15) is 0 Å². The lowest BCUT2D eigenvalue weighted by molar-refractivity contribution is -0.117. The fraction of sp³-hybridized carbons (Fsp3) is 0.294. The number of aromatic nitrogens is 2. The molecule has 10 nitrogen and oxygen atoms in total. The molecule has 0 atom stereocenters. The van der Waals surface area contributed by atoms with Crippen molar-refractivity contribution in [1.29, 1.82) is 0 Å². The van der Waals surface area contributed by atoms with Gasteiger partial charge in [-0.05, 0) is 99.6 Å². The average molecular weight is 633 g/mol. The molecule has 5 rings (SSSR count). The lowest BCUT2D eigenvalue weighted by Crippen LogP contribution is -2.31. The third kappa shape index (κ3) is 8.93. The number of halogens is 1. The summed E-state index contributed by atoms with van der Waals surface area (Å²) in [4.78, 5) is 34.8. The molecule has 236 valence electrons. The zero-order valence-corrected chi connectivity index (χ0v) is 26.8. The molecule has 0 radical (unpaired) electrons. The lowest BCUT2D eigenvalue weighted by atomic mass is 10.1. The van der Waals surface area contributed by atoms with Crippen LogP contribution in [0.5, 0.6) is 23.0 Å². The first kappa shape index (κ1) is 33.2. The van der Waals surface area contributed by atoms with E-state index in [1.54, 1.807) is 52.7 Å². The molecule has 4 aromatic rings. The van der Waals surface area contributed by atoms with E-state index in [-0.39, 0.29) is 17.6 Å². The van der Waals surface area contributed by atoms with Gasteiger partial charge in [-0.25, -0.2) is 9.97 Å². The number of carbonyl (C=O) groups is 2. The molecular weight excluding hydrogens is 596 g/mol. The Hall–Kier alpha value is -4.67. The van der Waals surface area contributed by atoms with Gasteiger partial charge >= 0.3 is 0 Å². The predicted octanol–water partition coefficient (Wildman–Crippen LogP) is 6.42. The van der Waals surface area contributed by atoms with E-state index in [0.717, 1.165) is 42.8 Å². The van der Waals surface area contributed by atoms with E-state index in [1.165, 1.54) is 6.92 Å². The number of hydrogen-bond acceptors (Lipinski definition) is 9. The van der Waals surface area contributed by atoms with Crippen LogP contribution in [0.1, 0.15) is 30.1 Å². The Kier molecular flexibility index (Phi) is 11.7. The van der Waals surface area contributed by atoms with Crippen LogP contribution in [0, 0.1) is 0 Å². The molecule has 45 heavy (non-hydrogen) atoms. The minimum atomic E-state index is -0.144. The van der Waals surface area contributed by atoms with Crippen molar-refractivity contribution in [2.45, 2.75) is 19.8 Å². The summed E-state index contributed by atoms with van der Waals surface area (Å²) >= 11 is 5.61. The molecule has 1 N–H and O–H groups in total. The van der Waals surface area contributed by atoms with Gasteiger partial charge in [0.15, 0.2) is 17.3 Å². The Morgan fingerprint density at radius 3 is 1.87 bits per heavy atom. The molecule has 0 saturated carbocycles. The van der Waals surface area contributed by atoms with Crippen molar-refractivity contribution in [3.05, 3.63) is 77.3 Å². The Labute approximate surface area is 268 Å². The fourth-order valence-electron chi connectivity index (χ4n) is 4.78. The van der Waals surface area contributed by atoms with Crippen LogP contribution in [0.3, 0.4) is 0 Å². The average Bonchev–Trinajstić information content (AvgIpc) is 3.57. The van der Waals surface area contributed by atoms with E-state index in [2.05, 4.69) is 20.2 Å². The van der Waals surface area contributed by atoms with Crippen LogP contribution < -0.4 is 24.3 Å². The van der Waals surface area contributed by atoms with Gasteiger partial charge in [-0.3, -0.25) is 19.8 Å². The van der Waals surface area contributed by atoms with Crippen LogP contribution in [-0.4, -0.2) is 74.6 Å². The van der Waals surface area contributed by atoms with Gasteiger partial charge in [0.05, 0.1) is 46.4 Å². The number of nitrogens with zero attached hydrogens (tertiary/aromatic N) is 3. The summed E-state index contributed by atoms with van der Waals surface area (Å²) in [7, 11) is 6.30. The van der Waals surface area contributed by atoms with Crippen molar-refractivity contribution >= 4 is 29.2 Å². The Morgan fingerprint density at radius 1 is 0.778 bits per heavy atom. The highest BCUT2D eigenvalue weighted by Crippen LogP contribution is 2.41. The van der Waals surface area contributed by atoms with Gasteiger partial charge in [-0.1, -0.05) is 11.6 Å². The Bertz CT molecular complexity index is 1580. The molecule has 0 spiro atoms. The summed E-state index contributed by atoms with van der Waals surface area (Å²) < 4.78 is 21.7. The largest absolute Gasteiger partial charge is 0.497 e. The first-order valence-corrected chi connectivity index (χ1v) is 14.7. The molecular formula is C34H37ClN4O6. The summed E-state index contributed by atoms with van der Waals surface area (Å²) in [5, 5.41) is 3.53. The predicted molar refractivity (Wildman–Crippen MR) is 175 cm³/mol. The van der Waals surface area contributed by atoms with Crippen molar-refractivity contribution < 1.29 is 28.5 Å². The first-order chi connectivity index (χ1) is 21.7. The highest BCUT2D eigenvalue weighted by atomic mass is 35.5. The summed E-state index contributed by atoms with van der Waals surface area (Å²) in [6, 6.07) is 19.9. The first-order valence-electron chi connectivity index (χ1n) is 14.4. The van der Waals surface area contributed by atoms with Crippen LogP contribution in [0.25, 0.3) is 22.5 Å². The minimum Gasteiger partial charge on any atom is -0.497 e. The molecule has 1 fully saturated rings. The molecule has 1 amide bonds. The highest BCUT2D eigenvalue weighted by Gasteiger charge is 2.19. The number of benzene rings is 3. The highest BCUT2D eigenvalue weighted by molar-refractivity contribution is 6.30. The number of ketones is 1. The monoisotopic (exact) mass is 632 g/mol. The summed E-state index contributed by atoms with van der Waals surface area (Å²) in [5.74, 6) is 2.39. The molecule has 2 heterocycles. The van der Waals surface area contributed by atoms with E-state index in [0.29, 0.717) is 45.8 Å². The number of likely N-dealkylation sites (tertiary alicyclic amines) is 1. The SMILES string of the molecule is CC(=O)c1ccc(Cl)cc1.COc1ccc(-c2cc(-c3cc(OC)c(OC)c(OC)c3)nc(NC(=O)CN3CCCC3)n2)cc1. The number of ether oxygens (including phenoxy) is 4. The van der Waals surface area contributed by atoms with Crippen LogP contribution in [0.2, 0.25) is 5.02 Å². The van der Waals surface area contributed by atoms with Crippen LogP contribution in [0.4, 0.5) is 5.95 Å². The summed E-state index contributed by atoms with van der Waals surface area (Å²) in [5.41, 5.74) is 3.54. The number of hydrogen-bond donors (Lipinski definition) is 1. The molecule has 0 bridgehead atoms. The number of carbonyl (C=O) groups excluding carboxylic acids is 2. The van der Waals surface area contributed by atoms with Crippen LogP contribution >= 0.6 is 11.6 Å². The molecule has 1 aliphatic heterocycles. The fourth-order valence-corrected chi connectivity index (χ4v) is 4.91. The zero-order valence-electron chi connectivity index (χ0n) is 26.1. The molecule has 3 aromatic carbocycles. The number of anilines is 1. The maximum Gasteiger partial charge on any atom is 0.240 e. The van der Waals surface area contributed by atoms with E-state index in [4.69, 9.17) is 30.5 Å². The zero-order chi connectivity index (χ0) is 32.3. The summed E-state index contributed by atoms with van der Waals surface area (Å²) in [6.07, 6.45) is 2.23. The van der Waals surface area contributed by atoms with Crippen molar-refractivity contribution in [3.63, 3.8) is 0 Å². The lowest BCUT2D eigenvalue weighted by Gasteiger charge is -2.16. The molecule has 11 heteroatoms. The Balaban J connectivity index is 0.000000392. The number of rotatable bonds is 10. The van der Waals surface area contributed by atoms with Gasteiger partial charge in [0, 0.05) is 21.7 Å². The minimum absolute atomic E-state index is 0.0664. The molecule has 0 unspecified atom stereocenters. The second-order valence-corrected chi connectivity index (χ2v) is 10.6. The molecule has 1 aliphatic rings. The van der Waals surface area contributed by atoms with Gasteiger partial charge in [-0.15, -0.1) is 0 Å². The number of methoxy groups -OCH3 is 4. The number of amides is 1. The molecule has 1 saturated heterocycles. The second-order valence-electron chi connectivity index (χ2n) is 10.2. The topological polar surface area (TPSA) is 112 Å². The third-order valence-corrected chi connectivity index (χ3v) is 7.39. The molecule has 0 aliphatic carbocycles. The van der Waals surface area contributed by atoms with Crippen molar-refractivity contribution in [2.75, 3.05) is 53.4 Å². The normalized spacial score (nSPS) is 12.5. The number of Topliss-reactive ketones (excluding diaryl/α,β-unsaturated/α-hetero) is 1. The van der Waals surface area contributed by atoms with E-state index in [9.17, 15) is 9.59 Å². The van der Waals surface area contributed by atoms with Crippen molar-refractivity contribution in [2.24, 2.45) is 0 Å². The van der Waals surface area contributed by atoms with Gasteiger partial charge in [0.25, 0.3) is 0 Å². The van der Waals surface area contributed by atoms with Crippen LogP contribution in [0.15, 0.2) is 66.7 Å². The second kappa shape index (κ2) is 15.9. The molecule has 1 aromatic heterocycles.